The number of allylic oxidation sites excluding steroid dienone is 5. The van der Waals surface area contributed by atoms with Crippen LogP contribution < -0.4 is 9.80 Å². The van der Waals surface area contributed by atoms with Crippen molar-refractivity contribution in [1.29, 1.82) is 0 Å². The molecule has 2 heteroatoms. The Balaban J connectivity index is 1.18. The summed E-state index contributed by atoms with van der Waals surface area (Å²) >= 11 is 0. The van der Waals surface area contributed by atoms with Crippen molar-refractivity contribution in [3.8, 4) is 33.4 Å². The van der Waals surface area contributed by atoms with Crippen molar-refractivity contribution in [2.75, 3.05) is 16.3 Å². The van der Waals surface area contributed by atoms with E-state index in [4.69, 9.17) is 0 Å². The van der Waals surface area contributed by atoms with Gasteiger partial charge in [0.15, 0.2) is 0 Å². The van der Waals surface area contributed by atoms with E-state index in [1.807, 2.05) is 0 Å². The molecule has 4 bridgehead atoms. The second-order valence-electron chi connectivity index (χ2n) is 14.0. The molecule has 1 aliphatic heterocycles. The maximum Gasteiger partial charge on any atom is 0.0493 e. The van der Waals surface area contributed by atoms with Crippen LogP contribution in [-0.2, 0) is 6.54 Å². The summed E-state index contributed by atoms with van der Waals surface area (Å²) in [5, 5.41) is 0. The van der Waals surface area contributed by atoms with Crippen LogP contribution in [0.5, 0.6) is 0 Å². The Kier molecular flexibility index (Phi) is 8.72. The number of fused-ring (bicyclic) bond motifs is 6. The minimum absolute atomic E-state index is 0.782. The highest BCUT2D eigenvalue weighted by Crippen LogP contribution is 2.41. The molecule has 252 valence electrons. The maximum absolute atomic E-state index is 2.55. The molecule has 9 rings (SSSR count). The predicted molar refractivity (Wildman–Crippen MR) is 220 cm³/mol. The molecule has 0 saturated heterocycles. The van der Waals surface area contributed by atoms with Crippen molar-refractivity contribution in [2.45, 2.75) is 32.2 Å². The predicted octanol–water partition coefficient (Wildman–Crippen LogP) is 13.1. The molecule has 0 atom stereocenters. The van der Waals surface area contributed by atoms with Crippen LogP contribution in [0.15, 0.2) is 204 Å². The van der Waals surface area contributed by atoms with Gasteiger partial charge in [0.1, 0.15) is 0 Å². The molecule has 3 aliphatic rings. The van der Waals surface area contributed by atoms with Crippen molar-refractivity contribution in [2.24, 2.45) is 0 Å². The van der Waals surface area contributed by atoms with Gasteiger partial charge in [-0.15, -0.1) is 0 Å². The average molecular weight is 671 g/mol. The van der Waals surface area contributed by atoms with Crippen molar-refractivity contribution < 1.29 is 0 Å². The Hall–Kier alpha value is -6.12. The van der Waals surface area contributed by atoms with Gasteiger partial charge in [0, 0.05) is 41.4 Å². The van der Waals surface area contributed by atoms with Gasteiger partial charge >= 0.3 is 0 Å². The Bertz CT molecular complexity index is 2320. The third-order valence-electron chi connectivity index (χ3n) is 10.7. The van der Waals surface area contributed by atoms with Gasteiger partial charge in [-0.2, -0.15) is 0 Å². The molecule has 2 nitrogen and oxygen atoms in total. The van der Waals surface area contributed by atoms with Gasteiger partial charge in [-0.05, 0) is 118 Å². The molecule has 0 saturated carbocycles. The first-order chi connectivity index (χ1) is 25.8. The van der Waals surface area contributed by atoms with Crippen molar-refractivity contribution in [1.82, 2.24) is 0 Å². The van der Waals surface area contributed by atoms with Crippen molar-refractivity contribution in [3.63, 3.8) is 0 Å². The highest BCUT2D eigenvalue weighted by atomic mass is 15.1. The molecule has 0 fully saturated rings. The quantitative estimate of drug-likeness (QED) is 0.184. The molecule has 0 radical (unpaired) electrons. The van der Waals surface area contributed by atoms with E-state index < -0.39 is 0 Å². The number of para-hydroxylation sites is 1. The molecule has 0 unspecified atom stereocenters. The zero-order chi connectivity index (χ0) is 34.7. The Labute approximate surface area is 308 Å². The third-order valence-corrected chi connectivity index (χ3v) is 10.7. The Morgan fingerprint density at radius 1 is 0.462 bits per heavy atom. The van der Waals surface area contributed by atoms with Crippen molar-refractivity contribution >= 4 is 17.1 Å². The standard InChI is InChI=1S/C50H42N2/c1-3-15-39(16-4-1)41-25-29-45(30-26-41)51-35-37-13-11-20-44(33-37)48-22-8-10-24-50(48)52(46-31-27-42(28-32-46)40-17-5-2-6-18-40)36-38-14-12-19-43(34-38)47-21-7-9-23-49(47)51/h1-7,9-10,12-19,21,23-34H,8,11,20,22,35-36H2. The summed E-state index contributed by atoms with van der Waals surface area (Å²) in [6.45, 7) is 1.58. The number of hydrogen-bond donors (Lipinski definition) is 0. The number of nitrogens with zero attached hydrogens (tertiary/aromatic N) is 2. The number of anilines is 3. The first-order valence-electron chi connectivity index (χ1n) is 18.6. The Morgan fingerprint density at radius 3 is 1.79 bits per heavy atom. The fourth-order valence-electron chi connectivity index (χ4n) is 8.06. The molecule has 0 aromatic heterocycles. The molecule has 52 heavy (non-hydrogen) atoms. The van der Waals surface area contributed by atoms with Crippen molar-refractivity contribution in [3.05, 3.63) is 210 Å². The average Bonchev–Trinajstić information content (AvgIpc) is 3.23. The van der Waals surface area contributed by atoms with Crippen LogP contribution in [0.25, 0.3) is 33.4 Å². The second-order valence-corrected chi connectivity index (χ2v) is 14.0. The first kappa shape index (κ1) is 31.8. The maximum atomic E-state index is 2.55. The van der Waals surface area contributed by atoms with E-state index in [2.05, 4.69) is 192 Å². The van der Waals surface area contributed by atoms with Crippen LogP contribution in [0, 0.1) is 0 Å². The summed E-state index contributed by atoms with van der Waals surface area (Å²) in [6, 6.07) is 57.7. The van der Waals surface area contributed by atoms with Crippen LogP contribution in [0.4, 0.5) is 17.1 Å². The van der Waals surface area contributed by atoms with Crippen LogP contribution in [0.3, 0.4) is 0 Å². The number of hydrogen-bond acceptors (Lipinski definition) is 2. The van der Waals surface area contributed by atoms with E-state index in [1.165, 1.54) is 78.4 Å². The number of benzene rings is 6. The minimum atomic E-state index is 0.782. The summed E-state index contributed by atoms with van der Waals surface area (Å²) < 4.78 is 0. The van der Waals surface area contributed by atoms with Crippen LogP contribution in [0.1, 0.15) is 31.2 Å². The van der Waals surface area contributed by atoms with E-state index in [1.54, 1.807) is 0 Å². The third kappa shape index (κ3) is 6.45. The summed E-state index contributed by atoms with van der Waals surface area (Å²) in [5.41, 5.74) is 18.0. The van der Waals surface area contributed by atoms with Gasteiger partial charge in [-0.25, -0.2) is 0 Å². The van der Waals surface area contributed by atoms with Gasteiger partial charge < -0.3 is 9.80 Å². The summed E-state index contributed by atoms with van der Waals surface area (Å²) in [4.78, 5) is 5.07. The van der Waals surface area contributed by atoms with E-state index >= 15 is 0 Å². The smallest absolute Gasteiger partial charge is 0.0493 e. The summed E-state index contributed by atoms with van der Waals surface area (Å²) in [7, 11) is 0. The van der Waals surface area contributed by atoms with Gasteiger partial charge in [0.25, 0.3) is 0 Å². The van der Waals surface area contributed by atoms with Gasteiger partial charge in [0.2, 0.25) is 0 Å². The molecule has 6 aromatic carbocycles. The van der Waals surface area contributed by atoms with Crippen LogP contribution in [-0.4, -0.2) is 6.54 Å². The molecule has 6 aromatic rings. The van der Waals surface area contributed by atoms with E-state index in [0.717, 1.165) is 38.8 Å². The molecule has 0 amide bonds. The zero-order valence-electron chi connectivity index (χ0n) is 29.5. The molecular weight excluding hydrogens is 629 g/mol. The minimum Gasteiger partial charge on any atom is -0.337 e. The van der Waals surface area contributed by atoms with Gasteiger partial charge in [-0.1, -0.05) is 140 Å². The van der Waals surface area contributed by atoms with Crippen LogP contribution >= 0.6 is 0 Å². The highest BCUT2D eigenvalue weighted by Gasteiger charge is 2.24. The number of rotatable bonds is 4. The lowest BCUT2D eigenvalue weighted by Gasteiger charge is -2.33. The molecule has 1 heterocycles. The summed E-state index contributed by atoms with van der Waals surface area (Å²) in [5.74, 6) is 0. The van der Waals surface area contributed by atoms with E-state index in [-0.39, 0.29) is 0 Å². The zero-order valence-corrected chi connectivity index (χ0v) is 29.5. The normalized spacial score (nSPS) is 15.6. The second kappa shape index (κ2) is 14.2. The monoisotopic (exact) mass is 670 g/mol. The molecule has 0 spiro atoms. The topological polar surface area (TPSA) is 6.48 Å². The highest BCUT2D eigenvalue weighted by molar-refractivity contribution is 5.84. The fourth-order valence-corrected chi connectivity index (χ4v) is 8.06. The Morgan fingerprint density at radius 2 is 1.08 bits per heavy atom. The van der Waals surface area contributed by atoms with Gasteiger partial charge in [0.05, 0.1) is 0 Å². The molecule has 0 N–H and O–H groups in total. The SMILES string of the molecule is C1=CC2=C(CC1)C1=CC(=CCC1)CN(c1ccc(-c3ccccc3)cc1)c1ccccc1-c1cccc(c1)CN2c1ccc(-c2ccccc2)cc1. The summed E-state index contributed by atoms with van der Waals surface area (Å²) in [6.07, 6.45) is 13.9. The first-order valence-corrected chi connectivity index (χ1v) is 18.6. The molecular formula is C50H42N2. The molecule has 2 aliphatic carbocycles. The van der Waals surface area contributed by atoms with Gasteiger partial charge in [-0.3, -0.25) is 0 Å². The van der Waals surface area contributed by atoms with E-state index in [9.17, 15) is 0 Å². The lowest BCUT2D eigenvalue weighted by Crippen LogP contribution is -2.25. The van der Waals surface area contributed by atoms with Crippen LogP contribution in [0.2, 0.25) is 0 Å². The lowest BCUT2D eigenvalue weighted by atomic mass is 9.87. The fraction of sp³-hybridized carbons (Fsp3) is 0.120. The lowest BCUT2D eigenvalue weighted by molar-refractivity contribution is 0.834. The van der Waals surface area contributed by atoms with E-state index in [0.29, 0.717) is 0 Å². The largest absolute Gasteiger partial charge is 0.337 e.